The lowest BCUT2D eigenvalue weighted by molar-refractivity contribution is 0.411. The predicted molar refractivity (Wildman–Crippen MR) is 48.5 cm³/mol. The second kappa shape index (κ2) is 3.55. The molecule has 0 saturated heterocycles. The Morgan fingerprint density at radius 2 is 1.93 bits per heavy atom. The van der Waals surface area contributed by atoms with E-state index in [2.05, 4.69) is 0 Å². The maximum Gasteiger partial charge on any atom is 0.157 e. The molecule has 0 spiro atoms. The zero-order valence-electron chi connectivity index (χ0n) is 7.40. The first-order chi connectivity index (χ1) is 6.65. The lowest BCUT2D eigenvalue weighted by Crippen LogP contribution is -1.96. The van der Waals surface area contributed by atoms with Crippen LogP contribution in [0.25, 0.3) is 0 Å². The van der Waals surface area contributed by atoms with Crippen molar-refractivity contribution in [3.8, 4) is 23.6 Å². The maximum absolute atomic E-state index is 9.38. The summed E-state index contributed by atoms with van der Waals surface area (Å²) in [7, 11) is 1.35. The van der Waals surface area contributed by atoms with Gasteiger partial charge in [-0.2, -0.15) is 10.5 Å². The highest BCUT2D eigenvalue weighted by Crippen LogP contribution is 2.34. The number of benzene rings is 1. The summed E-state index contributed by atoms with van der Waals surface area (Å²) in [6.07, 6.45) is 0. The number of rotatable bonds is 1. The molecule has 1 aromatic carbocycles. The molecule has 5 nitrogen and oxygen atoms in total. The highest BCUT2D eigenvalue weighted by Gasteiger charge is 2.16. The number of phenolic OH excluding ortho intramolecular Hbond substituents is 1. The van der Waals surface area contributed by atoms with Crippen LogP contribution in [-0.2, 0) is 0 Å². The first-order valence-electron chi connectivity index (χ1n) is 3.65. The number of methoxy groups -OCH3 is 1. The molecule has 0 heterocycles. The van der Waals surface area contributed by atoms with Gasteiger partial charge < -0.3 is 15.6 Å². The van der Waals surface area contributed by atoms with Crippen LogP contribution >= 0.6 is 0 Å². The number of nitrogen functional groups attached to an aromatic ring is 1. The first kappa shape index (κ1) is 9.69. The Morgan fingerprint density at radius 1 is 1.36 bits per heavy atom. The maximum atomic E-state index is 9.38. The SMILES string of the molecule is COc1cc(N)c(O)c(C#N)c1C#N. The Morgan fingerprint density at radius 3 is 2.36 bits per heavy atom. The summed E-state index contributed by atoms with van der Waals surface area (Å²) in [6.45, 7) is 0. The minimum absolute atomic E-state index is 0.0115. The number of phenols is 1. The molecule has 0 aliphatic rings. The van der Waals surface area contributed by atoms with Crippen LogP contribution in [0.3, 0.4) is 0 Å². The number of hydrogen-bond acceptors (Lipinski definition) is 5. The van der Waals surface area contributed by atoms with Crippen molar-refractivity contribution in [1.82, 2.24) is 0 Å². The lowest BCUT2D eigenvalue weighted by atomic mass is 10.1. The normalized spacial score (nSPS) is 8.79. The highest BCUT2D eigenvalue weighted by atomic mass is 16.5. The van der Waals surface area contributed by atoms with Crippen LogP contribution in [0.1, 0.15) is 11.1 Å². The fourth-order valence-corrected chi connectivity index (χ4v) is 1.05. The highest BCUT2D eigenvalue weighted by molar-refractivity contribution is 5.70. The minimum atomic E-state index is -0.384. The fourth-order valence-electron chi connectivity index (χ4n) is 1.05. The van der Waals surface area contributed by atoms with Crippen LogP contribution < -0.4 is 10.5 Å². The molecular formula is C9H7N3O2. The van der Waals surface area contributed by atoms with Crippen molar-refractivity contribution < 1.29 is 9.84 Å². The van der Waals surface area contributed by atoms with Crippen molar-refractivity contribution >= 4 is 5.69 Å². The van der Waals surface area contributed by atoms with Crippen LogP contribution in [-0.4, -0.2) is 12.2 Å². The number of aromatic hydroxyl groups is 1. The summed E-state index contributed by atoms with van der Waals surface area (Å²) < 4.78 is 4.85. The summed E-state index contributed by atoms with van der Waals surface area (Å²) in [5.41, 5.74) is 5.24. The number of nitrogens with two attached hydrogens (primary N) is 1. The molecule has 0 aliphatic heterocycles. The largest absolute Gasteiger partial charge is 0.504 e. The molecule has 0 unspecified atom stereocenters. The number of hydrogen-bond donors (Lipinski definition) is 2. The smallest absolute Gasteiger partial charge is 0.157 e. The number of nitriles is 2. The van der Waals surface area contributed by atoms with E-state index >= 15 is 0 Å². The Bertz CT molecular complexity index is 455. The monoisotopic (exact) mass is 189 g/mol. The van der Waals surface area contributed by atoms with E-state index < -0.39 is 0 Å². The number of anilines is 1. The Labute approximate surface area is 80.6 Å². The molecule has 0 fully saturated rings. The third-order valence-electron chi connectivity index (χ3n) is 1.74. The molecule has 0 aliphatic carbocycles. The molecule has 0 atom stereocenters. The third-order valence-corrected chi connectivity index (χ3v) is 1.74. The molecule has 5 heteroatoms. The van der Waals surface area contributed by atoms with E-state index in [1.165, 1.54) is 13.2 Å². The molecule has 0 aromatic heterocycles. The van der Waals surface area contributed by atoms with E-state index in [1.807, 2.05) is 0 Å². The lowest BCUT2D eigenvalue weighted by Gasteiger charge is -2.07. The molecule has 1 rings (SSSR count). The molecular weight excluding hydrogens is 182 g/mol. The van der Waals surface area contributed by atoms with E-state index in [9.17, 15) is 5.11 Å². The zero-order valence-corrected chi connectivity index (χ0v) is 7.40. The zero-order chi connectivity index (χ0) is 10.7. The number of ether oxygens (including phenoxy) is 1. The molecule has 0 bridgehead atoms. The van der Waals surface area contributed by atoms with Gasteiger partial charge >= 0.3 is 0 Å². The third kappa shape index (κ3) is 1.27. The topological polar surface area (TPSA) is 103 Å². The van der Waals surface area contributed by atoms with Crippen molar-refractivity contribution in [3.63, 3.8) is 0 Å². The summed E-state index contributed by atoms with van der Waals surface area (Å²) in [5.74, 6) is -0.204. The minimum Gasteiger partial charge on any atom is -0.504 e. The average Bonchev–Trinajstić information content (AvgIpc) is 2.20. The van der Waals surface area contributed by atoms with E-state index in [0.717, 1.165) is 0 Å². The molecule has 0 amide bonds. The second-order valence-corrected chi connectivity index (χ2v) is 2.49. The van der Waals surface area contributed by atoms with Gasteiger partial charge in [0.1, 0.15) is 29.0 Å². The van der Waals surface area contributed by atoms with Gasteiger partial charge in [0.2, 0.25) is 0 Å². The van der Waals surface area contributed by atoms with Gasteiger partial charge in [-0.25, -0.2) is 0 Å². The Hall–Kier alpha value is -2.40. The van der Waals surface area contributed by atoms with E-state index in [4.69, 9.17) is 21.0 Å². The van der Waals surface area contributed by atoms with Crippen molar-refractivity contribution in [1.29, 1.82) is 10.5 Å². The van der Waals surface area contributed by atoms with Crippen molar-refractivity contribution in [2.75, 3.05) is 12.8 Å². The average molecular weight is 189 g/mol. The van der Waals surface area contributed by atoms with Gasteiger partial charge in [0.25, 0.3) is 0 Å². The summed E-state index contributed by atoms with van der Waals surface area (Å²) in [6, 6.07) is 4.77. The molecule has 14 heavy (non-hydrogen) atoms. The standard InChI is InChI=1S/C9H7N3O2/c1-14-8-2-7(12)9(13)6(4-11)5(8)3-10/h2,13H,12H2,1H3. The van der Waals surface area contributed by atoms with Crippen molar-refractivity contribution in [2.24, 2.45) is 0 Å². The molecule has 1 aromatic rings. The van der Waals surface area contributed by atoms with Gasteiger partial charge in [-0.05, 0) is 0 Å². The van der Waals surface area contributed by atoms with Gasteiger partial charge in [-0.1, -0.05) is 0 Å². The summed E-state index contributed by atoms with van der Waals surface area (Å²) in [5, 5.41) is 26.8. The van der Waals surface area contributed by atoms with Gasteiger partial charge in [-0.3, -0.25) is 0 Å². The van der Waals surface area contributed by atoms with Crippen LogP contribution in [0.15, 0.2) is 6.07 Å². The quantitative estimate of drug-likeness (QED) is 0.500. The van der Waals surface area contributed by atoms with E-state index in [0.29, 0.717) is 0 Å². The van der Waals surface area contributed by atoms with E-state index in [-0.39, 0.29) is 28.3 Å². The fraction of sp³-hybridized carbons (Fsp3) is 0.111. The van der Waals surface area contributed by atoms with Crippen LogP contribution in [0.2, 0.25) is 0 Å². The van der Waals surface area contributed by atoms with E-state index in [1.54, 1.807) is 12.1 Å². The van der Waals surface area contributed by atoms with Gasteiger partial charge in [0, 0.05) is 6.07 Å². The van der Waals surface area contributed by atoms with Gasteiger partial charge in [0.15, 0.2) is 5.75 Å². The van der Waals surface area contributed by atoms with Gasteiger partial charge in [0.05, 0.1) is 12.8 Å². The molecule has 3 N–H and O–H groups in total. The Balaban J connectivity index is 3.63. The summed E-state index contributed by atoms with van der Waals surface area (Å²) >= 11 is 0. The Kier molecular flexibility index (Phi) is 2.45. The summed E-state index contributed by atoms with van der Waals surface area (Å²) in [4.78, 5) is 0. The van der Waals surface area contributed by atoms with Crippen LogP contribution in [0.4, 0.5) is 5.69 Å². The number of nitrogens with zero attached hydrogens (tertiary/aromatic N) is 2. The predicted octanol–water partition coefficient (Wildman–Crippen LogP) is 0.726. The van der Waals surface area contributed by atoms with Crippen molar-refractivity contribution in [2.45, 2.75) is 0 Å². The van der Waals surface area contributed by atoms with Gasteiger partial charge in [-0.15, -0.1) is 0 Å². The first-order valence-corrected chi connectivity index (χ1v) is 3.65. The van der Waals surface area contributed by atoms with Crippen LogP contribution in [0, 0.1) is 22.7 Å². The second-order valence-electron chi connectivity index (χ2n) is 2.49. The molecule has 70 valence electrons. The van der Waals surface area contributed by atoms with Crippen LogP contribution in [0.5, 0.6) is 11.5 Å². The molecule has 0 saturated carbocycles. The van der Waals surface area contributed by atoms with Crippen molar-refractivity contribution in [3.05, 3.63) is 17.2 Å². The molecule has 0 radical (unpaired) electrons.